The van der Waals surface area contributed by atoms with Gasteiger partial charge in [-0.3, -0.25) is 14.6 Å². The molecule has 2 aliphatic heterocycles. The Morgan fingerprint density at radius 3 is 2.32 bits per heavy atom. The number of benzene rings is 1. The lowest BCUT2D eigenvalue weighted by Crippen LogP contribution is -2.42. The summed E-state index contributed by atoms with van der Waals surface area (Å²) in [7, 11) is 1.70. The Bertz CT molecular complexity index is 879. The molecule has 1 atom stereocenters. The van der Waals surface area contributed by atoms with Gasteiger partial charge in [0.1, 0.15) is 11.9 Å². The van der Waals surface area contributed by atoms with Crippen LogP contribution < -0.4 is 4.74 Å². The Morgan fingerprint density at radius 1 is 0.903 bits per heavy atom. The number of carbonyl (C=O) groups excluding carboxylic acids is 2. The van der Waals surface area contributed by atoms with E-state index in [4.69, 9.17) is 9.47 Å². The number of rotatable bonds is 5. The molecule has 7 heteroatoms. The van der Waals surface area contributed by atoms with E-state index in [0.717, 1.165) is 38.0 Å². The predicted octanol–water partition coefficient (Wildman–Crippen LogP) is 3.02. The molecule has 0 aliphatic carbocycles. The number of amides is 2. The molecule has 2 aromatic rings. The van der Waals surface area contributed by atoms with Gasteiger partial charge in [0.2, 0.25) is 0 Å². The molecular weight excluding hydrogens is 394 g/mol. The highest BCUT2D eigenvalue weighted by Gasteiger charge is 2.26. The summed E-state index contributed by atoms with van der Waals surface area (Å²) in [6, 6.07) is 10.9. The number of pyridine rings is 1. The first kappa shape index (κ1) is 21.3. The summed E-state index contributed by atoms with van der Waals surface area (Å²) in [5.74, 6) is 0.806. The van der Waals surface area contributed by atoms with Gasteiger partial charge in [-0.2, -0.15) is 0 Å². The van der Waals surface area contributed by atoms with Crippen molar-refractivity contribution in [3.05, 3.63) is 59.9 Å². The molecule has 0 unspecified atom stereocenters. The summed E-state index contributed by atoms with van der Waals surface area (Å²) in [6.45, 7) is 2.73. The standard InChI is InChI=1S/C24H29N3O4/c1-30-22-5-3-13-27(17-22)23(28)18-6-8-20(9-7-18)31-21-10-14-26(15-11-21)24(29)19-4-2-12-25-16-19/h2,4,6-9,12,16,21-22H,3,5,10-11,13-15,17H2,1H3/t22-/m1/s1. The molecule has 0 saturated carbocycles. The molecule has 7 nitrogen and oxygen atoms in total. The van der Waals surface area contributed by atoms with Crippen molar-refractivity contribution in [2.24, 2.45) is 0 Å². The van der Waals surface area contributed by atoms with E-state index >= 15 is 0 Å². The minimum absolute atomic E-state index is 0.0165. The average Bonchev–Trinajstić information content (AvgIpc) is 2.84. The van der Waals surface area contributed by atoms with Crippen molar-refractivity contribution in [3.63, 3.8) is 0 Å². The summed E-state index contributed by atoms with van der Waals surface area (Å²) >= 11 is 0. The predicted molar refractivity (Wildman–Crippen MR) is 116 cm³/mol. The number of likely N-dealkylation sites (tertiary alicyclic amines) is 2. The summed E-state index contributed by atoms with van der Waals surface area (Å²) in [5.41, 5.74) is 1.29. The molecular formula is C24H29N3O4. The largest absolute Gasteiger partial charge is 0.490 e. The Balaban J connectivity index is 1.28. The van der Waals surface area contributed by atoms with Crippen molar-refractivity contribution in [2.45, 2.75) is 37.9 Å². The van der Waals surface area contributed by atoms with E-state index in [1.54, 1.807) is 31.6 Å². The molecule has 0 radical (unpaired) electrons. The lowest BCUT2D eigenvalue weighted by Gasteiger charge is -2.32. The molecule has 0 bridgehead atoms. The molecule has 31 heavy (non-hydrogen) atoms. The van der Waals surface area contributed by atoms with Crippen LogP contribution in [0.4, 0.5) is 0 Å². The quantitative estimate of drug-likeness (QED) is 0.739. The Kier molecular flexibility index (Phi) is 6.82. The number of piperidine rings is 2. The molecule has 2 amide bonds. The first-order valence-corrected chi connectivity index (χ1v) is 10.9. The monoisotopic (exact) mass is 423 g/mol. The van der Waals surface area contributed by atoms with Gasteiger partial charge in [0.05, 0.1) is 11.7 Å². The minimum Gasteiger partial charge on any atom is -0.490 e. The average molecular weight is 424 g/mol. The fourth-order valence-electron chi connectivity index (χ4n) is 4.21. The number of nitrogens with zero attached hydrogens (tertiary/aromatic N) is 3. The molecule has 2 aliphatic rings. The zero-order valence-corrected chi connectivity index (χ0v) is 17.9. The molecule has 1 aromatic carbocycles. The molecule has 1 aromatic heterocycles. The highest BCUT2D eigenvalue weighted by Crippen LogP contribution is 2.22. The van der Waals surface area contributed by atoms with Crippen LogP contribution in [0.25, 0.3) is 0 Å². The maximum absolute atomic E-state index is 12.8. The van der Waals surface area contributed by atoms with Crippen molar-refractivity contribution in [2.75, 3.05) is 33.3 Å². The van der Waals surface area contributed by atoms with E-state index < -0.39 is 0 Å². The third-order valence-electron chi connectivity index (χ3n) is 6.04. The fraction of sp³-hybridized carbons (Fsp3) is 0.458. The number of aromatic nitrogens is 1. The summed E-state index contributed by atoms with van der Waals surface area (Å²) < 4.78 is 11.5. The maximum atomic E-state index is 12.8. The zero-order chi connectivity index (χ0) is 21.6. The van der Waals surface area contributed by atoms with E-state index in [9.17, 15) is 9.59 Å². The van der Waals surface area contributed by atoms with E-state index in [2.05, 4.69) is 4.98 Å². The normalized spacial score (nSPS) is 19.8. The Labute approximate surface area is 183 Å². The Morgan fingerprint density at radius 2 is 1.65 bits per heavy atom. The van der Waals surface area contributed by atoms with Crippen LogP contribution in [0.2, 0.25) is 0 Å². The van der Waals surface area contributed by atoms with Crippen molar-refractivity contribution < 1.29 is 19.1 Å². The third kappa shape index (κ3) is 5.22. The molecule has 3 heterocycles. The van der Waals surface area contributed by atoms with E-state index in [1.165, 1.54) is 0 Å². The topological polar surface area (TPSA) is 72.0 Å². The lowest BCUT2D eigenvalue weighted by molar-refractivity contribution is 0.0269. The SMILES string of the molecule is CO[C@@H]1CCCN(C(=O)c2ccc(OC3CCN(C(=O)c4cccnc4)CC3)cc2)C1. The van der Waals surface area contributed by atoms with Gasteiger partial charge in [-0.15, -0.1) is 0 Å². The van der Waals surface area contributed by atoms with Crippen molar-refractivity contribution >= 4 is 11.8 Å². The smallest absolute Gasteiger partial charge is 0.255 e. The first-order valence-electron chi connectivity index (χ1n) is 10.9. The molecule has 0 N–H and O–H groups in total. The maximum Gasteiger partial charge on any atom is 0.255 e. The highest BCUT2D eigenvalue weighted by atomic mass is 16.5. The van der Waals surface area contributed by atoms with Crippen molar-refractivity contribution in [1.82, 2.24) is 14.8 Å². The second-order valence-electron chi connectivity index (χ2n) is 8.13. The number of hydrogen-bond acceptors (Lipinski definition) is 5. The number of methoxy groups -OCH3 is 1. The van der Waals surface area contributed by atoms with Gasteiger partial charge in [-0.1, -0.05) is 0 Å². The van der Waals surface area contributed by atoms with Crippen molar-refractivity contribution in [1.29, 1.82) is 0 Å². The lowest BCUT2D eigenvalue weighted by atomic mass is 10.1. The second-order valence-corrected chi connectivity index (χ2v) is 8.13. The van der Waals surface area contributed by atoms with Gasteiger partial charge < -0.3 is 19.3 Å². The highest BCUT2D eigenvalue weighted by molar-refractivity contribution is 5.94. The van der Waals surface area contributed by atoms with Gasteiger partial charge in [-0.25, -0.2) is 0 Å². The van der Waals surface area contributed by atoms with E-state index in [0.29, 0.717) is 30.8 Å². The molecule has 164 valence electrons. The summed E-state index contributed by atoms with van der Waals surface area (Å²) in [4.78, 5) is 33.0. The van der Waals surface area contributed by atoms with Crippen LogP contribution in [0, 0.1) is 0 Å². The minimum atomic E-state index is 0.0165. The van der Waals surface area contributed by atoms with Gasteiger partial charge in [0, 0.05) is 64.1 Å². The van der Waals surface area contributed by atoms with E-state index in [1.807, 2.05) is 34.1 Å². The van der Waals surface area contributed by atoms with Crippen LogP contribution in [0.15, 0.2) is 48.8 Å². The van der Waals surface area contributed by atoms with Crippen LogP contribution in [0.3, 0.4) is 0 Å². The number of ether oxygens (including phenoxy) is 2. The van der Waals surface area contributed by atoms with Crippen LogP contribution in [-0.2, 0) is 4.74 Å². The summed E-state index contributed by atoms with van der Waals surface area (Å²) in [6.07, 6.45) is 6.97. The first-order chi connectivity index (χ1) is 15.1. The number of hydrogen-bond donors (Lipinski definition) is 0. The van der Waals surface area contributed by atoms with Crippen LogP contribution in [0.5, 0.6) is 5.75 Å². The van der Waals surface area contributed by atoms with E-state index in [-0.39, 0.29) is 24.0 Å². The van der Waals surface area contributed by atoms with Crippen molar-refractivity contribution in [3.8, 4) is 5.75 Å². The van der Waals surface area contributed by atoms with Crippen LogP contribution in [-0.4, -0.2) is 72.1 Å². The number of carbonyl (C=O) groups is 2. The van der Waals surface area contributed by atoms with Crippen LogP contribution >= 0.6 is 0 Å². The van der Waals surface area contributed by atoms with Gasteiger partial charge in [0.15, 0.2) is 0 Å². The fourth-order valence-corrected chi connectivity index (χ4v) is 4.21. The molecule has 2 fully saturated rings. The van der Waals surface area contributed by atoms with Crippen LogP contribution in [0.1, 0.15) is 46.4 Å². The molecule has 4 rings (SSSR count). The molecule has 2 saturated heterocycles. The third-order valence-corrected chi connectivity index (χ3v) is 6.04. The van der Waals surface area contributed by atoms with Gasteiger partial charge in [0.25, 0.3) is 11.8 Å². The Hall–Kier alpha value is -2.93. The van der Waals surface area contributed by atoms with Gasteiger partial charge in [-0.05, 0) is 49.2 Å². The summed E-state index contributed by atoms with van der Waals surface area (Å²) in [5, 5.41) is 0. The second kappa shape index (κ2) is 9.92. The van der Waals surface area contributed by atoms with Gasteiger partial charge >= 0.3 is 0 Å². The molecule has 0 spiro atoms. The zero-order valence-electron chi connectivity index (χ0n) is 17.9.